The Kier molecular flexibility index (Phi) is 5.42. The maximum Gasteiger partial charge on any atom is 0.325 e. The van der Waals surface area contributed by atoms with Crippen molar-refractivity contribution < 1.29 is 18.8 Å². The van der Waals surface area contributed by atoms with E-state index >= 15 is 0 Å². The number of esters is 1. The molecule has 1 rings (SSSR count). The molecule has 1 aromatic rings. The first-order valence-corrected chi connectivity index (χ1v) is 6.22. The van der Waals surface area contributed by atoms with E-state index in [1.807, 2.05) is 0 Å². The second-order valence-electron chi connectivity index (χ2n) is 4.45. The molecule has 0 heterocycles. The first kappa shape index (κ1) is 15.9. The fraction of sp³-hybridized carbons (Fsp3) is 0.462. The Bertz CT molecular complexity index is 505. The summed E-state index contributed by atoms with van der Waals surface area (Å²) in [6, 6.07) is 3.10. The highest BCUT2D eigenvalue weighted by Gasteiger charge is 2.19. The quantitative estimate of drug-likeness (QED) is 0.456. The van der Waals surface area contributed by atoms with Crippen molar-refractivity contribution in [1.29, 1.82) is 0 Å². The van der Waals surface area contributed by atoms with Gasteiger partial charge in [-0.15, -0.1) is 0 Å². The molecule has 0 radical (unpaired) electrons. The Morgan fingerprint density at radius 3 is 2.60 bits per heavy atom. The Morgan fingerprint density at radius 1 is 1.45 bits per heavy atom. The van der Waals surface area contributed by atoms with E-state index in [0.717, 1.165) is 12.1 Å². The molecule has 7 heteroatoms. The van der Waals surface area contributed by atoms with E-state index in [1.54, 1.807) is 25.7 Å². The van der Waals surface area contributed by atoms with Crippen LogP contribution in [0, 0.1) is 15.9 Å². The third-order valence-corrected chi connectivity index (χ3v) is 2.64. The van der Waals surface area contributed by atoms with E-state index in [1.165, 1.54) is 6.07 Å². The van der Waals surface area contributed by atoms with Crippen molar-refractivity contribution in [3.63, 3.8) is 0 Å². The van der Waals surface area contributed by atoms with Gasteiger partial charge < -0.3 is 9.64 Å². The maximum absolute atomic E-state index is 13.4. The Morgan fingerprint density at radius 2 is 2.10 bits per heavy atom. The molecular formula is C13H17FN2O4. The van der Waals surface area contributed by atoms with E-state index in [2.05, 4.69) is 0 Å². The number of nitro benzene ring substituents is 1. The van der Waals surface area contributed by atoms with Gasteiger partial charge in [0, 0.05) is 17.8 Å². The van der Waals surface area contributed by atoms with E-state index in [9.17, 15) is 19.3 Å². The molecular weight excluding hydrogens is 267 g/mol. The van der Waals surface area contributed by atoms with Crippen LogP contribution < -0.4 is 4.90 Å². The summed E-state index contributed by atoms with van der Waals surface area (Å²) in [5.41, 5.74) is -0.0748. The molecule has 0 fully saturated rings. The van der Waals surface area contributed by atoms with Gasteiger partial charge in [-0.1, -0.05) is 0 Å². The number of nitro groups is 1. The van der Waals surface area contributed by atoms with E-state index in [4.69, 9.17) is 4.74 Å². The molecule has 1 aromatic carbocycles. The molecule has 0 spiro atoms. The predicted molar refractivity (Wildman–Crippen MR) is 72.2 cm³/mol. The number of ether oxygens (including phenoxy) is 1. The highest BCUT2D eigenvalue weighted by molar-refractivity contribution is 5.76. The fourth-order valence-electron chi connectivity index (χ4n) is 1.75. The summed E-state index contributed by atoms with van der Waals surface area (Å²) in [4.78, 5) is 23.2. The Balaban J connectivity index is 3.08. The van der Waals surface area contributed by atoms with Crippen LogP contribution in [0.5, 0.6) is 0 Å². The highest BCUT2D eigenvalue weighted by atomic mass is 19.1. The maximum atomic E-state index is 13.4. The van der Waals surface area contributed by atoms with Crippen LogP contribution in [0.1, 0.15) is 20.8 Å². The molecule has 0 amide bonds. The lowest BCUT2D eigenvalue weighted by atomic mass is 10.2. The predicted octanol–water partition coefficient (Wildman–Crippen LogP) is 2.51. The van der Waals surface area contributed by atoms with Crippen LogP contribution in [0.25, 0.3) is 0 Å². The summed E-state index contributed by atoms with van der Waals surface area (Å²) in [6.07, 6.45) is 0. The minimum absolute atomic E-state index is 0.0912. The zero-order chi connectivity index (χ0) is 15.3. The first-order valence-electron chi connectivity index (χ1n) is 6.22. The molecule has 0 saturated carbocycles. The summed E-state index contributed by atoms with van der Waals surface area (Å²) in [6.45, 7) is 5.44. The molecule has 20 heavy (non-hydrogen) atoms. The van der Waals surface area contributed by atoms with Gasteiger partial charge >= 0.3 is 5.97 Å². The van der Waals surface area contributed by atoms with E-state index in [-0.39, 0.29) is 30.6 Å². The van der Waals surface area contributed by atoms with Crippen LogP contribution in [0.15, 0.2) is 18.2 Å². The van der Waals surface area contributed by atoms with E-state index < -0.39 is 16.7 Å². The lowest BCUT2D eigenvalue weighted by molar-refractivity contribution is -0.385. The Labute approximate surface area is 116 Å². The molecule has 0 N–H and O–H groups in total. The van der Waals surface area contributed by atoms with Crippen LogP contribution in [0.4, 0.5) is 15.8 Å². The lowest BCUT2D eigenvalue weighted by Gasteiger charge is -2.27. The van der Waals surface area contributed by atoms with Crippen LogP contribution >= 0.6 is 0 Å². The van der Waals surface area contributed by atoms with Crippen LogP contribution in [0.2, 0.25) is 0 Å². The summed E-state index contributed by atoms with van der Waals surface area (Å²) in [5.74, 6) is -1.18. The number of benzene rings is 1. The average Bonchev–Trinajstić information content (AvgIpc) is 2.35. The second kappa shape index (κ2) is 6.83. The van der Waals surface area contributed by atoms with Gasteiger partial charge in [-0.05, 0) is 26.8 Å². The van der Waals surface area contributed by atoms with Gasteiger partial charge in [0.2, 0.25) is 0 Å². The molecule has 6 nitrogen and oxygen atoms in total. The number of rotatable bonds is 6. The number of anilines is 1. The van der Waals surface area contributed by atoms with Gasteiger partial charge in [0.1, 0.15) is 12.4 Å². The molecule has 0 unspecified atom stereocenters. The standard InChI is InChI=1S/C13H17FN2O4/c1-4-20-13(17)8-15(9(2)3)11-5-10(14)6-12(7-11)16(18)19/h5-7,9H,4,8H2,1-3H3. The SMILES string of the molecule is CCOC(=O)CN(c1cc(F)cc([N+](=O)[O-])c1)C(C)C. The number of hydrogen-bond donors (Lipinski definition) is 0. The van der Waals surface area contributed by atoms with Gasteiger partial charge in [0.25, 0.3) is 5.69 Å². The molecule has 110 valence electrons. The summed E-state index contributed by atoms with van der Waals surface area (Å²) in [7, 11) is 0. The molecule has 0 bridgehead atoms. The molecule has 0 aliphatic carbocycles. The van der Waals surface area contributed by atoms with E-state index in [0.29, 0.717) is 0 Å². The van der Waals surface area contributed by atoms with Crippen LogP contribution in [-0.4, -0.2) is 30.1 Å². The first-order chi connectivity index (χ1) is 9.35. The number of nitrogens with zero attached hydrogens (tertiary/aromatic N) is 2. The monoisotopic (exact) mass is 284 g/mol. The summed E-state index contributed by atoms with van der Waals surface area (Å²) >= 11 is 0. The van der Waals surface area contributed by atoms with Crippen molar-refractivity contribution in [3.8, 4) is 0 Å². The topological polar surface area (TPSA) is 72.7 Å². The second-order valence-corrected chi connectivity index (χ2v) is 4.45. The fourth-order valence-corrected chi connectivity index (χ4v) is 1.75. The zero-order valence-electron chi connectivity index (χ0n) is 11.6. The van der Waals surface area contributed by atoms with Crippen LogP contribution in [0.3, 0.4) is 0 Å². The summed E-state index contributed by atoms with van der Waals surface area (Å²) < 4.78 is 18.3. The molecule has 0 saturated heterocycles. The molecule has 0 aromatic heterocycles. The number of hydrogen-bond acceptors (Lipinski definition) is 5. The zero-order valence-corrected chi connectivity index (χ0v) is 11.6. The third kappa shape index (κ3) is 4.18. The highest BCUT2D eigenvalue weighted by Crippen LogP contribution is 2.24. The molecule has 0 aliphatic rings. The smallest absolute Gasteiger partial charge is 0.325 e. The van der Waals surface area contributed by atoms with Crippen molar-refractivity contribution in [2.75, 3.05) is 18.1 Å². The van der Waals surface area contributed by atoms with Crippen molar-refractivity contribution in [2.24, 2.45) is 0 Å². The van der Waals surface area contributed by atoms with Crippen molar-refractivity contribution in [1.82, 2.24) is 0 Å². The third-order valence-electron chi connectivity index (χ3n) is 2.64. The largest absolute Gasteiger partial charge is 0.465 e. The number of non-ortho nitro benzene ring substituents is 1. The minimum atomic E-state index is -0.719. The van der Waals surface area contributed by atoms with Crippen molar-refractivity contribution >= 4 is 17.3 Å². The summed E-state index contributed by atoms with van der Waals surface area (Å²) in [5, 5.41) is 10.8. The average molecular weight is 284 g/mol. The van der Waals surface area contributed by atoms with Crippen molar-refractivity contribution in [2.45, 2.75) is 26.8 Å². The van der Waals surface area contributed by atoms with Gasteiger partial charge in [-0.3, -0.25) is 14.9 Å². The molecule has 0 aliphatic heterocycles. The van der Waals surface area contributed by atoms with Gasteiger partial charge in [0.05, 0.1) is 17.6 Å². The molecule has 0 atom stereocenters. The van der Waals surface area contributed by atoms with Crippen molar-refractivity contribution in [3.05, 3.63) is 34.1 Å². The lowest BCUT2D eigenvalue weighted by Crippen LogP contribution is -2.36. The van der Waals surface area contributed by atoms with Gasteiger partial charge in [-0.25, -0.2) is 4.39 Å². The Hall–Kier alpha value is -2.18. The number of carbonyl (C=O) groups is 1. The van der Waals surface area contributed by atoms with Crippen LogP contribution in [-0.2, 0) is 9.53 Å². The minimum Gasteiger partial charge on any atom is -0.465 e. The van der Waals surface area contributed by atoms with Gasteiger partial charge in [-0.2, -0.15) is 0 Å². The number of halogens is 1. The normalized spacial score (nSPS) is 10.4. The van der Waals surface area contributed by atoms with Gasteiger partial charge in [0.15, 0.2) is 0 Å². The number of carbonyl (C=O) groups excluding carboxylic acids is 1.